The minimum Gasteiger partial charge on any atom is -0.482 e. The van der Waals surface area contributed by atoms with Crippen LogP contribution < -0.4 is 15.0 Å². The van der Waals surface area contributed by atoms with Crippen LogP contribution in [0, 0.1) is 0 Å². The Bertz CT molecular complexity index is 673. The number of nitrogens with one attached hydrogen (secondary N) is 1. The molecule has 2 heterocycles. The maximum absolute atomic E-state index is 12.4. The van der Waals surface area contributed by atoms with Crippen molar-refractivity contribution >= 4 is 23.4 Å². The third-order valence-corrected chi connectivity index (χ3v) is 4.24. The smallest absolute Gasteiger partial charge is 0.264 e. The number of amides is 3. The van der Waals surface area contributed by atoms with Crippen molar-refractivity contribution in [1.82, 2.24) is 10.2 Å². The number of hydrogen-bond donors (Lipinski definition) is 1. The second-order valence-corrected chi connectivity index (χ2v) is 5.73. The van der Waals surface area contributed by atoms with Gasteiger partial charge in [-0.3, -0.25) is 14.4 Å². The minimum absolute atomic E-state index is 0.00603. The number of carbonyl (C=O) groups is 3. The van der Waals surface area contributed by atoms with E-state index in [1.807, 2.05) is 6.92 Å². The molecule has 1 aromatic carbocycles. The number of ether oxygens (including phenoxy) is 1. The maximum Gasteiger partial charge on any atom is 0.264 e. The lowest BCUT2D eigenvalue weighted by molar-refractivity contribution is -0.127. The molecule has 7 nitrogen and oxygen atoms in total. The Kier molecular flexibility index (Phi) is 3.94. The zero-order valence-corrected chi connectivity index (χ0v) is 13.2. The monoisotopic (exact) mass is 317 g/mol. The average molecular weight is 317 g/mol. The summed E-state index contributed by atoms with van der Waals surface area (Å²) in [5, 5.41) is 2.88. The molecule has 122 valence electrons. The van der Waals surface area contributed by atoms with Gasteiger partial charge in [0.05, 0.1) is 11.7 Å². The van der Waals surface area contributed by atoms with Crippen LogP contribution in [0.3, 0.4) is 0 Å². The van der Waals surface area contributed by atoms with Crippen molar-refractivity contribution in [1.29, 1.82) is 0 Å². The molecular formula is C16H19N3O4. The van der Waals surface area contributed by atoms with E-state index < -0.39 is 0 Å². The zero-order chi connectivity index (χ0) is 16.6. The van der Waals surface area contributed by atoms with Gasteiger partial charge in [-0.15, -0.1) is 0 Å². The number of benzene rings is 1. The third kappa shape index (κ3) is 2.86. The zero-order valence-electron chi connectivity index (χ0n) is 13.2. The number of carbonyl (C=O) groups excluding carboxylic acids is 3. The highest BCUT2D eigenvalue weighted by Crippen LogP contribution is 2.32. The van der Waals surface area contributed by atoms with E-state index in [1.165, 1.54) is 4.90 Å². The van der Waals surface area contributed by atoms with Crippen molar-refractivity contribution in [3.05, 3.63) is 23.8 Å². The van der Waals surface area contributed by atoms with Crippen LogP contribution in [0.25, 0.3) is 0 Å². The van der Waals surface area contributed by atoms with E-state index in [0.29, 0.717) is 36.5 Å². The molecule has 1 atom stereocenters. The molecule has 3 rings (SSSR count). The molecule has 23 heavy (non-hydrogen) atoms. The second kappa shape index (κ2) is 5.91. The van der Waals surface area contributed by atoms with E-state index in [4.69, 9.17) is 4.74 Å². The van der Waals surface area contributed by atoms with Gasteiger partial charge in [-0.05, 0) is 25.1 Å². The molecule has 2 aliphatic heterocycles. The van der Waals surface area contributed by atoms with E-state index >= 15 is 0 Å². The molecule has 1 fully saturated rings. The average Bonchev–Trinajstić information content (AvgIpc) is 2.90. The number of rotatable bonds is 3. The number of likely N-dealkylation sites (N-methyl/N-ethyl adjacent to an activating group) is 2. The molecule has 0 aliphatic carbocycles. The lowest BCUT2D eigenvalue weighted by Gasteiger charge is -2.26. The Labute approximate surface area is 134 Å². The molecule has 3 amide bonds. The Hall–Kier alpha value is -2.57. The highest BCUT2D eigenvalue weighted by Gasteiger charge is 2.30. The molecule has 0 spiro atoms. The Morgan fingerprint density at radius 1 is 1.35 bits per heavy atom. The fourth-order valence-corrected chi connectivity index (χ4v) is 2.86. The first-order valence-corrected chi connectivity index (χ1v) is 7.61. The highest BCUT2D eigenvalue weighted by atomic mass is 16.5. The quantitative estimate of drug-likeness (QED) is 0.875. The molecule has 7 heteroatoms. The van der Waals surface area contributed by atoms with Crippen molar-refractivity contribution in [2.45, 2.75) is 19.4 Å². The third-order valence-electron chi connectivity index (χ3n) is 4.24. The van der Waals surface area contributed by atoms with Crippen LogP contribution in [-0.2, 0) is 9.59 Å². The van der Waals surface area contributed by atoms with Gasteiger partial charge in [0, 0.05) is 32.1 Å². The molecular weight excluding hydrogens is 298 g/mol. The second-order valence-electron chi connectivity index (χ2n) is 5.73. The first-order chi connectivity index (χ1) is 11.0. The molecule has 1 N–H and O–H groups in total. The SMILES string of the molecule is CCN1C[C@H](NC(=O)c2ccc3c(c2)N(C)C(=O)CO3)CC1=O. The van der Waals surface area contributed by atoms with Gasteiger partial charge in [-0.25, -0.2) is 0 Å². The lowest BCUT2D eigenvalue weighted by Crippen LogP contribution is -2.38. The molecule has 2 aliphatic rings. The number of nitrogens with zero attached hydrogens (tertiary/aromatic N) is 2. The van der Waals surface area contributed by atoms with E-state index in [9.17, 15) is 14.4 Å². The van der Waals surface area contributed by atoms with Crippen LogP contribution in [0.15, 0.2) is 18.2 Å². The standard InChI is InChI=1S/C16H19N3O4/c1-3-19-8-11(7-14(19)20)17-16(22)10-4-5-13-12(6-10)18(2)15(21)9-23-13/h4-6,11H,3,7-9H2,1-2H3,(H,17,22)/t11-/m1/s1. The van der Waals surface area contributed by atoms with Gasteiger partial charge in [-0.2, -0.15) is 0 Å². The Balaban J connectivity index is 1.74. The molecule has 1 aromatic rings. The van der Waals surface area contributed by atoms with E-state index in [1.54, 1.807) is 30.1 Å². The van der Waals surface area contributed by atoms with Gasteiger partial charge in [-0.1, -0.05) is 0 Å². The summed E-state index contributed by atoms with van der Waals surface area (Å²) in [5.74, 6) is 0.226. The lowest BCUT2D eigenvalue weighted by atomic mass is 10.1. The summed E-state index contributed by atoms with van der Waals surface area (Å²) in [6, 6.07) is 4.80. The van der Waals surface area contributed by atoms with E-state index in [2.05, 4.69) is 5.32 Å². The summed E-state index contributed by atoms with van der Waals surface area (Å²) in [7, 11) is 1.65. The Morgan fingerprint density at radius 2 is 2.13 bits per heavy atom. The van der Waals surface area contributed by atoms with E-state index in [-0.39, 0.29) is 30.4 Å². The number of fused-ring (bicyclic) bond motifs is 1. The minimum atomic E-state index is -0.255. The van der Waals surface area contributed by atoms with Gasteiger partial charge in [0.2, 0.25) is 5.91 Å². The molecule has 0 saturated carbocycles. The van der Waals surface area contributed by atoms with Crippen molar-refractivity contribution in [2.75, 3.05) is 31.6 Å². The highest BCUT2D eigenvalue weighted by molar-refractivity contribution is 6.01. The Morgan fingerprint density at radius 3 is 2.83 bits per heavy atom. The van der Waals surface area contributed by atoms with Gasteiger partial charge in [0.25, 0.3) is 11.8 Å². The van der Waals surface area contributed by atoms with Crippen LogP contribution >= 0.6 is 0 Å². The van der Waals surface area contributed by atoms with Crippen molar-refractivity contribution in [3.63, 3.8) is 0 Å². The van der Waals surface area contributed by atoms with Gasteiger partial charge >= 0.3 is 0 Å². The van der Waals surface area contributed by atoms with Crippen molar-refractivity contribution < 1.29 is 19.1 Å². The molecule has 0 radical (unpaired) electrons. The normalized spacial score (nSPS) is 20.3. The first-order valence-electron chi connectivity index (χ1n) is 7.61. The molecule has 1 saturated heterocycles. The molecule has 0 aromatic heterocycles. The van der Waals surface area contributed by atoms with E-state index in [0.717, 1.165) is 0 Å². The van der Waals surface area contributed by atoms with Crippen LogP contribution in [0.1, 0.15) is 23.7 Å². The van der Waals surface area contributed by atoms with Gasteiger partial charge < -0.3 is 19.9 Å². The maximum atomic E-state index is 12.4. The summed E-state index contributed by atoms with van der Waals surface area (Å²) in [6.07, 6.45) is 0.325. The number of likely N-dealkylation sites (tertiary alicyclic amines) is 1. The summed E-state index contributed by atoms with van der Waals surface area (Å²) < 4.78 is 5.34. The summed E-state index contributed by atoms with van der Waals surface area (Å²) in [5.41, 5.74) is 1.02. The predicted molar refractivity (Wildman–Crippen MR) is 83.5 cm³/mol. The van der Waals surface area contributed by atoms with Gasteiger partial charge in [0.15, 0.2) is 6.61 Å². The topological polar surface area (TPSA) is 79.0 Å². The molecule has 0 bridgehead atoms. The van der Waals surface area contributed by atoms with Crippen LogP contribution in [0.4, 0.5) is 5.69 Å². The summed E-state index contributed by atoms with van der Waals surface area (Å²) >= 11 is 0. The van der Waals surface area contributed by atoms with Crippen LogP contribution in [0.5, 0.6) is 5.75 Å². The predicted octanol–water partition coefficient (Wildman–Crippen LogP) is 0.392. The summed E-state index contributed by atoms with van der Waals surface area (Å²) in [6.45, 7) is 3.10. The summed E-state index contributed by atoms with van der Waals surface area (Å²) in [4.78, 5) is 39.0. The molecule has 0 unspecified atom stereocenters. The van der Waals surface area contributed by atoms with Crippen molar-refractivity contribution in [3.8, 4) is 5.75 Å². The number of hydrogen-bond acceptors (Lipinski definition) is 4. The fourth-order valence-electron chi connectivity index (χ4n) is 2.86. The first kappa shape index (κ1) is 15.3. The fraction of sp³-hybridized carbons (Fsp3) is 0.438. The number of anilines is 1. The van der Waals surface area contributed by atoms with Crippen molar-refractivity contribution in [2.24, 2.45) is 0 Å². The van der Waals surface area contributed by atoms with Crippen LogP contribution in [0.2, 0.25) is 0 Å². The van der Waals surface area contributed by atoms with Gasteiger partial charge in [0.1, 0.15) is 5.75 Å². The largest absolute Gasteiger partial charge is 0.482 e. The van der Waals surface area contributed by atoms with Crippen LogP contribution in [-0.4, -0.2) is 55.4 Å².